The summed E-state index contributed by atoms with van der Waals surface area (Å²) in [6.07, 6.45) is 3.50. The highest BCUT2D eigenvalue weighted by Gasteiger charge is 2.15. The van der Waals surface area contributed by atoms with Crippen LogP contribution in [-0.2, 0) is 4.79 Å². The summed E-state index contributed by atoms with van der Waals surface area (Å²) >= 11 is 1.64. The van der Waals surface area contributed by atoms with Gasteiger partial charge in [-0.05, 0) is 47.9 Å². The molecule has 1 aromatic heterocycles. The second kappa shape index (κ2) is 10.7. The molecule has 0 fully saturated rings. The number of carbonyl (C=O) groups is 1. The number of aromatic nitrogens is 1. The SMILES string of the molecule is CC(C)c1cccc(C(C)C)c1NC(=O)CCCCCSc1nc2ccccc2o1. The van der Waals surface area contributed by atoms with Crippen LogP contribution in [0.5, 0.6) is 0 Å². The van der Waals surface area contributed by atoms with E-state index in [0.717, 1.165) is 47.0 Å². The Morgan fingerprint density at radius 1 is 0.967 bits per heavy atom. The molecule has 4 nitrogen and oxygen atoms in total. The van der Waals surface area contributed by atoms with E-state index in [4.69, 9.17) is 4.42 Å². The summed E-state index contributed by atoms with van der Waals surface area (Å²) in [7, 11) is 0. The highest BCUT2D eigenvalue weighted by molar-refractivity contribution is 7.99. The number of oxazole rings is 1. The second-order valence-corrected chi connectivity index (χ2v) is 9.32. The van der Waals surface area contributed by atoms with Crippen molar-refractivity contribution in [1.82, 2.24) is 4.98 Å². The largest absolute Gasteiger partial charge is 0.431 e. The number of para-hydroxylation sites is 3. The van der Waals surface area contributed by atoms with Gasteiger partial charge in [0.05, 0.1) is 0 Å². The van der Waals surface area contributed by atoms with Gasteiger partial charge >= 0.3 is 0 Å². The fourth-order valence-corrected chi connectivity index (χ4v) is 4.37. The number of hydrogen-bond acceptors (Lipinski definition) is 4. The van der Waals surface area contributed by atoms with Gasteiger partial charge in [-0.1, -0.05) is 76.2 Å². The first-order valence-electron chi connectivity index (χ1n) is 10.9. The minimum absolute atomic E-state index is 0.108. The zero-order valence-electron chi connectivity index (χ0n) is 18.4. The molecule has 0 atom stereocenters. The molecule has 0 radical (unpaired) electrons. The van der Waals surface area contributed by atoms with Gasteiger partial charge < -0.3 is 9.73 Å². The third-order valence-corrected chi connectivity index (χ3v) is 6.10. The highest BCUT2D eigenvalue weighted by Crippen LogP contribution is 2.32. The van der Waals surface area contributed by atoms with Crippen LogP contribution in [-0.4, -0.2) is 16.6 Å². The van der Waals surface area contributed by atoms with Gasteiger partial charge in [0.1, 0.15) is 5.52 Å². The third-order valence-electron chi connectivity index (χ3n) is 5.19. The lowest BCUT2D eigenvalue weighted by molar-refractivity contribution is -0.116. The van der Waals surface area contributed by atoms with E-state index >= 15 is 0 Å². The van der Waals surface area contributed by atoms with Crippen molar-refractivity contribution in [1.29, 1.82) is 0 Å². The lowest BCUT2D eigenvalue weighted by Gasteiger charge is -2.20. The first kappa shape index (κ1) is 22.4. The molecule has 1 heterocycles. The number of thioether (sulfide) groups is 1. The van der Waals surface area contributed by atoms with E-state index < -0.39 is 0 Å². The fraction of sp³-hybridized carbons (Fsp3) is 0.440. The molecular weight excluding hydrogens is 392 g/mol. The van der Waals surface area contributed by atoms with E-state index in [9.17, 15) is 4.79 Å². The maximum Gasteiger partial charge on any atom is 0.256 e. The number of nitrogens with zero attached hydrogens (tertiary/aromatic N) is 1. The van der Waals surface area contributed by atoms with Crippen LogP contribution in [0.25, 0.3) is 11.1 Å². The van der Waals surface area contributed by atoms with Crippen molar-refractivity contribution < 1.29 is 9.21 Å². The molecule has 1 amide bonds. The number of fused-ring (bicyclic) bond motifs is 1. The van der Waals surface area contributed by atoms with Crippen LogP contribution in [0, 0.1) is 0 Å². The summed E-state index contributed by atoms with van der Waals surface area (Å²) in [5, 5.41) is 3.93. The van der Waals surface area contributed by atoms with Crippen LogP contribution in [0.2, 0.25) is 0 Å². The number of nitrogens with one attached hydrogen (secondary N) is 1. The molecule has 0 bridgehead atoms. The maximum atomic E-state index is 12.6. The zero-order valence-corrected chi connectivity index (χ0v) is 19.2. The van der Waals surface area contributed by atoms with E-state index in [1.165, 1.54) is 11.1 Å². The molecule has 0 spiro atoms. The first-order chi connectivity index (χ1) is 14.5. The molecule has 0 aliphatic carbocycles. The molecule has 5 heteroatoms. The summed E-state index contributed by atoms with van der Waals surface area (Å²) in [4.78, 5) is 17.1. The van der Waals surface area contributed by atoms with Gasteiger partial charge in [-0.2, -0.15) is 0 Å². The summed E-state index contributed by atoms with van der Waals surface area (Å²) in [5.41, 5.74) is 5.17. The van der Waals surface area contributed by atoms with Crippen molar-refractivity contribution in [2.24, 2.45) is 0 Å². The average molecular weight is 425 g/mol. The van der Waals surface area contributed by atoms with Crippen LogP contribution >= 0.6 is 11.8 Å². The topological polar surface area (TPSA) is 55.1 Å². The summed E-state index contributed by atoms with van der Waals surface area (Å²) in [6, 6.07) is 14.2. The Kier molecular flexibility index (Phi) is 7.97. The number of anilines is 1. The van der Waals surface area contributed by atoms with Crippen molar-refractivity contribution in [3.8, 4) is 0 Å². The van der Waals surface area contributed by atoms with Crippen LogP contribution < -0.4 is 5.32 Å². The summed E-state index contributed by atoms with van der Waals surface area (Å²) in [5.74, 6) is 1.81. The van der Waals surface area contributed by atoms with Crippen LogP contribution in [0.1, 0.15) is 76.3 Å². The minimum atomic E-state index is 0.108. The van der Waals surface area contributed by atoms with Gasteiger partial charge in [-0.25, -0.2) is 4.98 Å². The van der Waals surface area contributed by atoms with E-state index in [0.29, 0.717) is 18.3 Å². The van der Waals surface area contributed by atoms with Gasteiger partial charge in [0.2, 0.25) is 5.91 Å². The normalized spacial score (nSPS) is 11.5. The summed E-state index contributed by atoms with van der Waals surface area (Å²) in [6.45, 7) is 8.68. The van der Waals surface area contributed by atoms with Crippen molar-refractivity contribution in [3.05, 3.63) is 53.6 Å². The monoisotopic (exact) mass is 424 g/mol. The number of carbonyl (C=O) groups excluding carboxylic acids is 1. The molecule has 30 heavy (non-hydrogen) atoms. The van der Waals surface area contributed by atoms with Gasteiger partial charge in [0.25, 0.3) is 5.22 Å². The number of unbranched alkanes of at least 4 members (excludes halogenated alkanes) is 2. The maximum absolute atomic E-state index is 12.6. The molecular formula is C25H32N2O2S. The van der Waals surface area contributed by atoms with Crippen molar-refractivity contribution in [2.75, 3.05) is 11.1 Å². The average Bonchev–Trinajstić information content (AvgIpc) is 3.13. The number of hydrogen-bond donors (Lipinski definition) is 1. The molecule has 2 aromatic carbocycles. The number of amides is 1. The lowest BCUT2D eigenvalue weighted by Crippen LogP contribution is -2.15. The van der Waals surface area contributed by atoms with Gasteiger partial charge in [0.15, 0.2) is 5.58 Å². The molecule has 3 rings (SSSR count). The van der Waals surface area contributed by atoms with Crippen LogP contribution in [0.4, 0.5) is 5.69 Å². The van der Waals surface area contributed by atoms with Crippen LogP contribution in [0.3, 0.4) is 0 Å². The lowest BCUT2D eigenvalue weighted by atomic mass is 9.92. The molecule has 0 aliphatic rings. The second-order valence-electron chi connectivity index (χ2n) is 8.28. The number of rotatable bonds is 10. The molecule has 160 valence electrons. The van der Waals surface area contributed by atoms with Gasteiger partial charge in [0, 0.05) is 17.9 Å². The minimum Gasteiger partial charge on any atom is -0.431 e. The van der Waals surface area contributed by atoms with Crippen molar-refractivity contribution in [2.45, 2.75) is 70.4 Å². The Hall–Kier alpha value is -2.27. The van der Waals surface area contributed by atoms with Crippen molar-refractivity contribution in [3.63, 3.8) is 0 Å². The van der Waals surface area contributed by atoms with E-state index in [-0.39, 0.29) is 5.91 Å². The Bertz CT molecular complexity index is 919. The fourth-order valence-electron chi connectivity index (χ4n) is 3.53. The van der Waals surface area contributed by atoms with Gasteiger partial charge in [-0.3, -0.25) is 4.79 Å². The zero-order chi connectivity index (χ0) is 21.5. The summed E-state index contributed by atoms with van der Waals surface area (Å²) < 4.78 is 5.73. The third kappa shape index (κ3) is 5.88. The standard InChI is InChI=1S/C25H32N2O2S/c1-17(2)19-11-10-12-20(18(3)4)24(19)27-23(28)15-6-5-9-16-30-25-26-21-13-7-8-14-22(21)29-25/h7-8,10-14,17-18H,5-6,9,15-16H2,1-4H3,(H,27,28). The predicted molar refractivity (Wildman–Crippen MR) is 126 cm³/mol. The van der Waals surface area contributed by atoms with Crippen LogP contribution in [0.15, 0.2) is 52.1 Å². The smallest absolute Gasteiger partial charge is 0.256 e. The Morgan fingerprint density at radius 2 is 1.67 bits per heavy atom. The molecule has 3 aromatic rings. The van der Waals surface area contributed by atoms with Gasteiger partial charge in [-0.15, -0.1) is 0 Å². The molecule has 0 aliphatic heterocycles. The Labute approximate surface area is 183 Å². The van der Waals surface area contributed by atoms with E-state index in [1.807, 2.05) is 24.3 Å². The molecule has 0 saturated carbocycles. The van der Waals surface area contributed by atoms with Crippen molar-refractivity contribution >= 4 is 34.5 Å². The molecule has 0 saturated heterocycles. The first-order valence-corrected chi connectivity index (χ1v) is 11.8. The quantitative estimate of drug-likeness (QED) is 0.273. The van der Waals surface area contributed by atoms with E-state index in [2.05, 4.69) is 56.2 Å². The predicted octanol–water partition coefficient (Wildman–Crippen LogP) is 7.37. The highest BCUT2D eigenvalue weighted by atomic mass is 32.2. The van der Waals surface area contributed by atoms with E-state index in [1.54, 1.807) is 11.8 Å². The number of benzene rings is 2. The molecule has 1 N–H and O–H groups in total. The molecule has 0 unspecified atom stereocenters. The Balaban J connectivity index is 1.43. The Morgan fingerprint density at radius 3 is 2.33 bits per heavy atom.